The Balaban J connectivity index is 1.97. The van der Waals surface area contributed by atoms with Gasteiger partial charge in [-0.2, -0.15) is 0 Å². The van der Waals surface area contributed by atoms with Crippen LogP contribution in [0.3, 0.4) is 0 Å². The van der Waals surface area contributed by atoms with Gasteiger partial charge in [-0.3, -0.25) is 0 Å². The first-order valence-corrected chi connectivity index (χ1v) is 5.38. The highest BCUT2D eigenvalue weighted by molar-refractivity contribution is 5.13. The molecule has 2 rings (SSSR count). The van der Waals surface area contributed by atoms with Gasteiger partial charge >= 0.3 is 0 Å². The number of hydrogen-bond acceptors (Lipinski definition) is 1. The molecule has 0 aromatic rings. The van der Waals surface area contributed by atoms with Crippen molar-refractivity contribution in [2.24, 2.45) is 17.8 Å². The van der Waals surface area contributed by atoms with E-state index in [1.54, 1.807) is 0 Å². The van der Waals surface area contributed by atoms with Gasteiger partial charge in [0.05, 0.1) is 0 Å². The number of hydrogen-bond donors (Lipinski definition) is 0. The maximum atomic E-state index is 3.46. The summed E-state index contributed by atoms with van der Waals surface area (Å²) in [5.74, 6) is 8.90. The highest BCUT2D eigenvalue weighted by atomic mass is 15.2. The molecule has 0 spiro atoms. The van der Waals surface area contributed by atoms with E-state index < -0.39 is 0 Å². The molecule has 13 heavy (non-hydrogen) atoms. The third-order valence-electron chi connectivity index (χ3n) is 3.37. The quantitative estimate of drug-likeness (QED) is 0.511. The van der Waals surface area contributed by atoms with Gasteiger partial charge in [0.25, 0.3) is 0 Å². The van der Waals surface area contributed by atoms with Gasteiger partial charge in [0.1, 0.15) is 0 Å². The Bertz CT molecular complexity index is 244. The zero-order chi connectivity index (χ0) is 9.42. The van der Waals surface area contributed by atoms with Crippen molar-refractivity contribution in [1.29, 1.82) is 0 Å². The fourth-order valence-electron chi connectivity index (χ4n) is 2.63. The Morgan fingerprint density at radius 3 is 2.54 bits per heavy atom. The van der Waals surface area contributed by atoms with Gasteiger partial charge in [-0.1, -0.05) is 19.8 Å². The van der Waals surface area contributed by atoms with E-state index >= 15 is 0 Å². The molecule has 2 fully saturated rings. The lowest BCUT2D eigenvalue weighted by molar-refractivity contribution is 0.236. The molecule has 0 N–H and O–H groups in total. The minimum absolute atomic E-state index is 0.539. The van der Waals surface area contributed by atoms with Gasteiger partial charge in [-0.05, 0) is 25.8 Å². The molecule has 1 unspecified atom stereocenters. The van der Waals surface area contributed by atoms with Crippen LogP contribution in [0.2, 0.25) is 0 Å². The topological polar surface area (TPSA) is 3.24 Å². The second kappa shape index (κ2) is 3.35. The minimum atomic E-state index is 0.539. The van der Waals surface area contributed by atoms with E-state index in [0.717, 1.165) is 12.0 Å². The van der Waals surface area contributed by atoms with Crippen molar-refractivity contribution in [3.8, 4) is 11.8 Å². The van der Waals surface area contributed by atoms with Gasteiger partial charge in [0, 0.05) is 24.4 Å². The van der Waals surface area contributed by atoms with Crippen LogP contribution in [-0.4, -0.2) is 24.5 Å². The third-order valence-corrected chi connectivity index (χ3v) is 3.37. The summed E-state index contributed by atoms with van der Waals surface area (Å²) in [5, 5.41) is 0. The Kier molecular flexibility index (Phi) is 2.34. The zero-order valence-electron chi connectivity index (χ0n) is 8.88. The lowest BCUT2D eigenvalue weighted by Gasteiger charge is -2.25. The van der Waals surface area contributed by atoms with Crippen molar-refractivity contribution in [2.75, 3.05) is 13.6 Å². The van der Waals surface area contributed by atoms with E-state index in [4.69, 9.17) is 0 Å². The third kappa shape index (κ3) is 1.74. The van der Waals surface area contributed by atoms with Crippen molar-refractivity contribution >= 4 is 0 Å². The van der Waals surface area contributed by atoms with Crippen LogP contribution < -0.4 is 0 Å². The first-order valence-electron chi connectivity index (χ1n) is 5.38. The van der Waals surface area contributed by atoms with Crippen LogP contribution in [0.5, 0.6) is 0 Å². The largest absolute Gasteiger partial charge is 0.303 e. The van der Waals surface area contributed by atoms with Crippen LogP contribution in [0.15, 0.2) is 0 Å². The van der Waals surface area contributed by atoms with E-state index in [-0.39, 0.29) is 0 Å². The fourth-order valence-corrected chi connectivity index (χ4v) is 2.63. The first kappa shape index (κ1) is 9.09. The monoisotopic (exact) mass is 177 g/mol. The summed E-state index contributed by atoms with van der Waals surface area (Å²) in [6.45, 7) is 5.63. The number of likely N-dealkylation sites (tertiary alicyclic amines) is 1. The molecule has 1 heterocycles. The molecule has 0 radical (unpaired) electrons. The van der Waals surface area contributed by atoms with Crippen molar-refractivity contribution in [1.82, 2.24) is 4.90 Å². The van der Waals surface area contributed by atoms with Crippen LogP contribution in [0, 0.1) is 29.6 Å². The van der Waals surface area contributed by atoms with Gasteiger partial charge in [-0.15, -0.1) is 5.92 Å². The molecule has 0 aromatic heterocycles. The van der Waals surface area contributed by atoms with E-state index in [9.17, 15) is 0 Å². The van der Waals surface area contributed by atoms with Crippen molar-refractivity contribution in [3.63, 3.8) is 0 Å². The predicted octanol–water partition coefficient (Wildman–Crippen LogP) is 1.99. The Hall–Kier alpha value is -0.480. The number of piperidine rings is 1. The van der Waals surface area contributed by atoms with Crippen molar-refractivity contribution in [2.45, 2.75) is 32.7 Å². The van der Waals surface area contributed by atoms with Gasteiger partial charge in [-0.25, -0.2) is 0 Å². The molecule has 1 saturated heterocycles. The number of rotatable bonds is 0. The highest BCUT2D eigenvalue weighted by Gasteiger charge is 2.41. The summed E-state index contributed by atoms with van der Waals surface area (Å²) in [6, 6.07) is 0.844. The summed E-state index contributed by atoms with van der Waals surface area (Å²) in [7, 11) is 2.25. The fraction of sp³-hybridized carbons (Fsp3) is 0.833. The molecule has 2 bridgehead atoms. The molecular weight excluding hydrogens is 158 g/mol. The van der Waals surface area contributed by atoms with Crippen LogP contribution in [0.1, 0.15) is 26.7 Å². The molecule has 1 saturated carbocycles. The van der Waals surface area contributed by atoms with E-state index in [0.29, 0.717) is 11.8 Å². The summed E-state index contributed by atoms with van der Waals surface area (Å²) >= 11 is 0. The van der Waals surface area contributed by atoms with Gasteiger partial charge in [0.15, 0.2) is 0 Å². The highest BCUT2D eigenvalue weighted by Crippen LogP contribution is 2.40. The average Bonchev–Trinajstić information content (AvgIpc) is 2.58. The Labute approximate surface area is 81.5 Å². The zero-order valence-corrected chi connectivity index (χ0v) is 8.88. The normalized spacial score (nSPS) is 38.0. The van der Waals surface area contributed by atoms with Crippen molar-refractivity contribution in [3.05, 3.63) is 0 Å². The minimum Gasteiger partial charge on any atom is -0.303 e. The Morgan fingerprint density at radius 2 is 2.08 bits per heavy atom. The molecule has 1 nitrogen and oxygen atoms in total. The second-order valence-corrected chi connectivity index (χ2v) is 4.87. The predicted molar refractivity (Wildman–Crippen MR) is 55.2 cm³/mol. The molecule has 1 aliphatic carbocycles. The van der Waals surface area contributed by atoms with Crippen LogP contribution in [-0.2, 0) is 0 Å². The van der Waals surface area contributed by atoms with Crippen LogP contribution in [0.4, 0.5) is 0 Å². The standard InChI is InChI=1S/C12H19N/c1-9(2)4-5-10-6-12-7-11(10)8-13(12)3/h9-12H,6-8H2,1-3H3/t10?,11-,12+/m1/s1. The molecule has 0 aromatic carbocycles. The van der Waals surface area contributed by atoms with Crippen LogP contribution >= 0.6 is 0 Å². The van der Waals surface area contributed by atoms with E-state index in [2.05, 4.69) is 37.6 Å². The second-order valence-electron chi connectivity index (χ2n) is 4.87. The summed E-state index contributed by atoms with van der Waals surface area (Å²) < 4.78 is 0. The van der Waals surface area contributed by atoms with Crippen LogP contribution in [0.25, 0.3) is 0 Å². The molecule has 0 amide bonds. The molecule has 1 heteroatoms. The van der Waals surface area contributed by atoms with E-state index in [1.165, 1.54) is 19.4 Å². The summed E-state index contributed by atoms with van der Waals surface area (Å²) in [6.07, 6.45) is 2.72. The first-order chi connectivity index (χ1) is 6.16. The van der Waals surface area contributed by atoms with E-state index in [1.807, 2.05) is 0 Å². The average molecular weight is 177 g/mol. The van der Waals surface area contributed by atoms with Crippen molar-refractivity contribution < 1.29 is 0 Å². The molecule has 2 aliphatic rings. The number of nitrogens with zero attached hydrogens (tertiary/aromatic N) is 1. The molecular formula is C12H19N. The summed E-state index contributed by atoms with van der Waals surface area (Å²) in [5.41, 5.74) is 0. The summed E-state index contributed by atoms with van der Waals surface area (Å²) in [4.78, 5) is 2.50. The smallest absolute Gasteiger partial charge is 0.0258 e. The SMILES string of the molecule is CC(C)C#CC1C[C@H]2C[C@@H]1CN2C. The lowest BCUT2D eigenvalue weighted by Crippen LogP contribution is -2.31. The molecule has 3 atom stereocenters. The molecule has 1 aliphatic heterocycles. The Morgan fingerprint density at radius 1 is 1.31 bits per heavy atom. The van der Waals surface area contributed by atoms with Gasteiger partial charge < -0.3 is 4.90 Å². The molecule has 72 valence electrons. The maximum Gasteiger partial charge on any atom is 0.0258 e. The number of fused-ring (bicyclic) bond motifs is 2. The lowest BCUT2D eigenvalue weighted by atomic mass is 9.95. The van der Waals surface area contributed by atoms with Gasteiger partial charge in [0.2, 0.25) is 0 Å². The maximum absolute atomic E-state index is 3.46.